The highest BCUT2D eigenvalue weighted by Gasteiger charge is 2.34. The van der Waals surface area contributed by atoms with Crippen LogP contribution in [0.4, 0.5) is 4.79 Å². The summed E-state index contributed by atoms with van der Waals surface area (Å²) in [6.07, 6.45) is 3.23. The maximum absolute atomic E-state index is 12.6. The highest BCUT2D eigenvalue weighted by molar-refractivity contribution is 5.78. The lowest BCUT2D eigenvalue weighted by atomic mass is 9.87. The topological polar surface area (TPSA) is 105 Å². The summed E-state index contributed by atoms with van der Waals surface area (Å²) in [6.45, 7) is 6.81. The molecule has 29 heavy (non-hydrogen) atoms. The highest BCUT2D eigenvalue weighted by atomic mass is 16.6. The Kier molecular flexibility index (Phi) is 5.84. The standard InChI is InChI=1S/C21H29N3O5/c1-20(2,3)29-19(27)23-11-8-21(28,9-12-23)7-4-10-24-14-22-17-6-5-15(25)13-16(17)18(24)26/h5-6,13-14,25,28H,4,7-12H2,1-3H3. The van der Waals surface area contributed by atoms with Crippen LogP contribution in [0.25, 0.3) is 10.9 Å². The number of hydrogen-bond donors (Lipinski definition) is 2. The molecule has 1 aliphatic heterocycles. The van der Waals surface area contributed by atoms with E-state index in [9.17, 15) is 19.8 Å². The molecule has 8 heteroatoms. The lowest BCUT2D eigenvalue weighted by Crippen LogP contribution is -2.48. The van der Waals surface area contributed by atoms with E-state index in [1.165, 1.54) is 23.0 Å². The number of ether oxygens (including phenoxy) is 1. The summed E-state index contributed by atoms with van der Waals surface area (Å²) in [4.78, 5) is 30.6. The van der Waals surface area contributed by atoms with Crippen LogP contribution >= 0.6 is 0 Å². The number of rotatable bonds is 4. The van der Waals surface area contributed by atoms with Crippen molar-refractivity contribution in [3.8, 4) is 5.75 Å². The molecular formula is C21H29N3O5. The van der Waals surface area contributed by atoms with Crippen molar-refractivity contribution in [1.29, 1.82) is 0 Å². The number of aromatic hydroxyl groups is 1. The Morgan fingerprint density at radius 1 is 1.28 bits per heavy atom. The molecular weight excluding hydrogens is 374 g/mol. The Balaban J connectivity index is 1.55. The molecule has 2 aromatic rings. The van der Waals surface area contributed by atoms with Crippen molar-refractivity contribution in [2.75, 3.05) is 13.1 Å². The number of aliphatic hydroxyl groups is 1. The van der Waals surface area contributed by atoms with E-state index < -0.39 is 11.2 Å². The van der Waals surface area contributed by atoms with Gasteiger partial charge in [0.05, 0.1) is 22.8 Å². The molecule has 1 amide bonds. The first-order valence-electron chi connectivity index (χ1n) is 9.95. The summed E-state index contributed by atoms with van der Waals surface area (Å²) in [7, 11) is 0. The molecule has 1 saturated heterocycles. The predicted molar refractivity (Wildman–Crippen MR) is 109 cm³/mol. The molecule has 0 saturated carbocycles. The Morgan fingerprint density at radius 2 is 1.97 bits per heavy atom. The summed E-state index contributed by atoms with van der Waals surface area (Å²) < 4.78 is 6.88. The zero-order valence-corrected chi connectivity index (χ0v) is 17.2. The lowest BCUT2D eigenvalue weighted by Gasteiger charge is -2.38. The number of phenols is 1. The van der Waals surface area contributed by atoms with Crippen molar-refractivity contribution in [2.45, 2.75) is 64.2 Å². The Hall–Kier alpha value is -2.61. The van der Waals surface area contributed by atoms with E-state index in [0.29, 0.717) is 56.2 Å². The Bertz CT molecular complexity index is 939. The summed E-state index contributed by atoms with van der Waals surface area (Å²) in [5.41, 5.74) is -1.07. The molecule has 1 aromatic carbocycles. The van der Waals surface area contributed by atoms with Crippen molar-refractivity contribution >= 4 is 17.0 Å². The largest absolute Gasteiger partial charge is 0.508 e. The molecule has 1 fully saturated rings. The third kappa shape index (κ3) is 5.26. The van der Waals surface area contributed by atoms with Gasteiger partial charge < -0.3 is 19.8 Å². The van der Waals surface area contributed by atoms with Gasteiger partial charge in [-0.15, -0.1) is 0 Å². The number of piperidine rings is 1. The quantitative estimate of drug-likeness (QED) is 0.813. The third-order valence-corrected chi connectivity index (χ3v) is 5.19. The van der Waals surface area contributed by atoms with Gasteiger partial charge >= 0.3 is 6.09 Å². The maximum atomic E-state index is 12.6. The molecule has 0 unspecified atom stereocenters. The van der Waals surface area contributed by atoms with Crippen LogP contribution in [0.3, 0.4) is 0 Å². The first-order valence-corrected chi connectivity index (χ1v) is 9.95. The van der Waals surface area contributed by atoms with Crippen molar-refractivity contribution in [3.05, 3.63) is 34.9 Å². The lowest BCUT2D eigenvalue weighted by molar-refractivity contribution is -0.0380. The second-order valence-corrected chi connectivity index (χ2v) is 8.74. The fourth-order valence-corrected chi connectivity index (χ4v) is 3.57. The number of carbonyl (C=O) groups excluding carboxylic acids is 1. The molecule has 2 N–H and O–H groups in total. The van der Waals surface area contributed by atoms with Crippen LogP contribution < -0.4 is 5.56 Å². The van der Waals surface area contributed by atoms with Gasteiger partial charge in [-0.05, 0) is 64.7 Å². The zero-order chi connectivity index (χ0) is 21.2. The van der Waals surface area contributed by atoms with E-state index in [1.54, 1.807) is 11.0 Å². The third-order valence-electron chi connectivity index (χ3n) is 5.19. The summed E-state index contributed by atoms with van der Waals surface area (Å²) >= 11 is 0. The number of aromatic nitrogens is 2. The van der Waals surface area contributed by atoms with Crippen LogP contribution in [0, 0.1) is 0 Å². The summed E-state index contributed by atoms with van der Waals surface area (Å²) in [5, 5.41) is 20.8. The second kappa shape index (κ2) is 8.02. The van der Waals surface area contributed by atoms with E-state index in [1.807, 2.05) is 20.8 Å². The molecule has 8 nitrogen and oxygen atoms in total. The van der Waals surface area contributed by atoms with Crippen LogP contribution in [0.15, 0.2) is 29.3 Å². The van der Waals surface area contributed by atoms with Crippen molar-refractivity contribution < 1.29 is 19.7 Å². The smallest absolute Gasteiger partial charge is 0.410 e. The monoisotopic (exact) mass is 403 g/mol. The highest BCUT2D eigenvalue weighted by Crippen LogP contribution is 2.28. The molecule has 1 aliphatic rings. The number of benzene rings is 1. The normalized spacial score (nSPS) is 16.8. The predicted octanol–water partition coefficient (Wildman–Crippen LogP) is 2.64. The molecule has 0 radical (unpaired) electrons. The van der Waals surface area contributed by atoms with Gasteiger partial charge in [-0.2, -0.15) is 0 Å². The maximum Gasteiger partial charge on any atom is 0.410 e. The van der Waals surface area contributed by atoms with Crippen molar-refractivity contribution in [2.24, 2.45) is 0 Å². The number of amides is 1. The van der Waals surface area contributed by atoms with E-state index in [-0.39, 0.29) is 17.4 Å². The molecule has 0 spiro atoms. The van der Waals surface area contributed by atoms with Crippen LogP contribution in [0.2, 0.25) is 0 Å². The molecule has 0 bridgehead atoms. The number of nitrogens with zero attached hydrogens (tertiary/aromatic N) is 3. The summed E-state index contributed by atoms with van der Waals surface area (Å²) in [5.74, 6) is 0.0280. The molecule has 0 atom stereocenters. The van der Waals surface area contributed by atoms with Gasteiger partial charge in [-0.25, -0.2) is 9.78 Å². The van der Waals surface area contributed by atoms with Crippen LogP contribution in [-0.4, -0.2) is 55.0 Å². The van der Waals surface area contributed by atoms with Gasteiger partial charge in [0.2, 0.25) is 0 Å². The minimum atomic E-state index is -0.856. The number of hydrogen-bond acceptors (Lipinski definition) is 6. The average Bonchev–Trinajstić information content (AvgIpc) is 2.63. The first kappa shape index (κ1) is 21.1. The van der Waals surface area contributed by atoms with Gasteiger partial charge in [-0.1, -0.05) is 0 Å². The summed E-state index contributed by atoms with van der Waals surface area (Å²) in [6, 6.07) is 4.52. The molecule has 158 valence electrons. The molecule has 1 aromatic heterocycles. The second-order valence-electron chi connectivity index (χ2n) is 8.74. The number of aryl methyl sites for hydroxylation is 1. The van der Waals surface area contributed by atoms with Gasteiger partial charge in [0, 0.05) is 19.6 Å². The molecule has 0 aliphatic carbocycles. The minimum absolute atomic E-state index is 0.0280. The van der Waals surface area contributed by atoms with Crippen molar-refractivity contribution in [1.82, 2.24) is 14.5 Å². The van der Waals surface area contributed by atoms with Crippen LogP contribution in [0.5, 0.6) is 5.75 Å². The number of likely N-dealkylation sites (tertiary alicyclic amines) is 1. The number of carbonyl (C=O) groups is 1. The van der Waals surface area contributed by atoms with Gasteiger partial charge in [-0.3, -0.25) is 9.36 Å². The fraction of sp³-hybridized carbons (Fsp3) is 0.571. The molecule has 2 heterocycles. The SMILES string of the molecule is CC(C)(C)OC(=O)N1CCC(O)(CCCn2cnc3ccc(O)cc3c2=O)CC1. The van der Waals surface area contributed by atoms with E-state index in [4.69, 9.17) is 4.74 Å². The molecule has 3 rings (SSSR count). The van der Waals surface area contributed by atoms with Crippen LogP contribution in [0.1, 0.15) is 46.5 Å². The van der Waals surface area contributed by atoms with Gasteiger partial charge in [0.25, 0.3) is 5.56 Å². The van der Waals surface area contributed by atoms with Crippen molar-refractivity contribution in [3.63, 3.8) is 0 Å². The van der Waals surface area contributed by atoms with Gasteiger partial charge in [0.15, 0.2) is 0 Å². The fourth-order valence-electron chi connectivity index (χ4n) is 3.57. The van der Waals surface area contributed by atoms with E-state index in [2.05, 4.69) is 4.98 Å². The van der Waals surface area contributed by atoms with Gasteiger partial charge in [0.1, 0.15) is 11.4 Å². The zero-order valence-electron chi connectivity index (χ0n) is 17.2. The van der Waals surface area contributed by atoms with E-state index in [0.717, 1.165) is 0 Å². The van der Waals surface area contributed by atoms with Crippen LogP contribution in [-0.2, 0) is 11.3 Å². The average molecular weight is 403 g/mol. The Morgan fingerprint density at radius 3 is 2.62 bits per heavy atom. The van der Waals surface area contributed by atoms with E-state index >= 15 is 0 Å². The number of fused-ring (bicyclic) bond motifs is 1. The Labute approximate surface area is 169 Å². The first-order chi connectivity index (χ1) is 13.6. The minimum Gasteiger partial charge on any atom is -0.508 e. The number of phenolic OH excluding ortho intramolecular Hbond substituents is 1.